The summed E-state index contributed by atoms with van der Waals surface area (Å²) in [5, 5.41) is 1.55. The second-order valence-electron chi connectivity index (χ2n) is 8.57. The van der Waals surface area contributed by atoms with Crippen LogP contribution in [0.3, 0.4) is 0 Å². The molecule has 3 aliphatic rings. The van der Waals surface area contributed by atoms with Crippen LogP contribution < -0.4 is 4.74 Å². The Morgan fingerprint density at radius 2 is 1.57 bits per heavy atom. The lowest BCUT2D eigenvalue weighted by molar-refractivity contribution is -0.441. The molecule has 1 aromatic rings. The van der Waals surface area contributed by atoms with E-state index in [-0.39, 0.29) is 45.3 Å². The summed E-state index contributed by atoms with van der Waals surface area (Å²) in [5.41, 5.74) is -1.36. The first-order valence-corrected chi connectivity index (χ1v) is 11.8. The summed E-state index contributed by atoms with van der Waals surface area (Å²) in [7, 11) is 0. The first-order valence-electron chi connectivity index (χ1n) is 11.5. The Hall–Kier alpha value is -2.89. The van der Waals surface area contributed by atoms with E-state index >= 15 is 0 Å². The molecule has 0 aromatic heterocycles. The van der Waals surface area contributed by atoms with Crippen molar-refractivity contribution in [2.75, 3.05) is 19.7 Å². The summed E-state index contributed by atoms with van der Waals surface area (Å²) in [4.78, 5) is 57.2. The number of benzene rings is 1. The lowest BCUT2D eigenvalue weighted by Gasteiger charge is -2.55. The fraction of sp³-hybridized carbons (Fsp3) is 0.565. The maximum absolute atomic E-state index is 12.7. The van der Waals surface area contributed by atoms with Gasteiger partial charge >= 0.3 is 29.8 Å². The molecular weight excluding hydrogens is 484 g/mol. The molecule has 12 heteroatoms. The van der Waals surface area contributed by atoms with E-state index in [1.165, 1.54) is 6.92 Å². The van der Waals surface area contributed by atoms with Gasteiger partial charge in [0.1, 0.15) is 5.75 Å². The van der Waals surface area contributed by atoms with Crippen molar-refractivity contribution in [3.63, 3.8) is 0 Å². The smallest absolute Gasteiger partial charge is 0.380 e. The number of esters is 3. The van der Waals surface area contributed by atoms with Gasteiger partial charge in [0.15, 0.2) is 0 Å². The number of carbonyl (C=O) groups excluding carboxylic acids is 4. The quantitative estimate of drug-likeness (QED) is 0.542. The molecule has 0 bridgehead atoms. The van der Waals surface area contributed by atoms with Crippen LogP contribution in [-0.4, -0.2) is 65.2 Å². The van der Waals surface area contributed by atoms with Crippen molar-refractivity contribution >= 4 is 35.5 Å². The van der Waals surface area contributed by atoms with Crippen molar-refractivity contribution in [1.29, 1.82) is 0 Å². The van der Waals surface area contributed by atoms with Gasteiger partial charge in [-0.25, -0.2) is 4.90 Å². The molecule has 3 fully saturated rings. The monoisotopic (exact) mass is 510 g/mol. The molecule has 35 heavy (non-hydrogen) atoms. The van der Waals surface area contributed by atoms with Crippen LogP contribution in [0.1, 0.15) is 51.5 Å². The van der Waals surface area contributed by atoms with E-state index in [1.807, 2.05) is 6.92 Å². The van der Waals surface area contributed by atoms with Crippen LogP contribution in [0.4, 0.5) is 0 Å². The number of ether oxygens (including phenoxy) is 4. The third-order valence-electron chi connectivity index (χ3n) is 5.99. The predicted octanol–water partition coefficient (Wildman–Crippen LogP) is 2.29. The number of nitrogens with zero attached hydrogens (tertiary/aromatic N) is 2. The van der Waals surface area contributed by atoms with Crippen molar-refractivity contribution in [1.82, 2.24) is 9.96 Å². The molecule has 3 saturated heterocycles. The number of hydrogen-bond donors (Lipinski definition) is 0. The molecule has 0 saturated carbocycles. The Morgan fingerprint density at radius 1 is 0.943 bits per heavy atom. The SMILES string of the molecule is CCCOc1ccc(Cl)cc1CN1CCN2OC(=O)CCC(=O)O[C@@]2(C)C12OC(=O)CCC(=O)O2. The average molecular weight is 511 g/mol. The van der Waals surface area contributed by atoms with Gasteiger partial charge < -0.3 is 23.8 Å². The highest BCUT2D eigenvalue weighted by Gasteiger charge is 2.70. The molecule has 0 amide bonds. The third kappa shape index (κ3) is 4.93. The Bertz CT molecular complexity index is 1010. The number of fused-ring (bicyclic) bond motifs is 2. The van der Waals surface area contributed by atoms with E-state index < -0.39 is 35.5 Å². The van der Waals surface area contributed by atoms with E-state index in [2.05, 4.69) is 0 Å². The number of halogens is 1. The second kappa shape index (κ2) is 10.00. The number of carbonyl (C=O) groups is 4. The van der Waals surface area contributed by atoms with Gasteiger partial charge in [-0.3, -0.25) is 19.2 Å². The Balaban J connectivity index is 1.81. The van der Waals surface area contributed by atoms with Gasteiger partial charge in [-0.05, 0) is 24.6 Å². The number of piperazine rings is 1. The van der Waals surface area contributed by atoms with Gasteiger partial charge in [0.05, 0.1) is 38.8 Å². The number of rotatable bonds is 5. The highest BCUT2D eigenvalue weighted by atomic mass is 35.5. The van der Waals surface area contributed by atoms with Gasteiger partial charge in [-0.1, -0.05) is 23.6 Å². The first kappa shape index (κ1) is 25.2. The first-order chi connectivity index (χ1) is 16.7. The third-order valence-corrected chi connectivity index (χ3v) is 6.23. The Kier molecular flexibility index (Phi) is 7.20. The van der Waals surface area contributed by atoms with Gasteiger partial charge in [0.2, 0.25) is 0 Å². The zero-order valence-electron chi connectivity index (χ0n) is 19.5. The molecule has 1 aromatic carbocycles. The van der Waals surface area contributed by atoms with E-state index in [4.69, 9.17) is 35.4 Å². The van der Waals surface area contributed by atoms with Crippen LogP contribution >= 0.6 is 11.6 Å². The van der Waals surface area contributed by atoms with E-state index in [0.29, 0.717) is 22.9 Å². The number of hydrogen-bond acceptors (Lipinski definition) is 11. The van der Waals surface area contributed by atoms with Crippen molar-refractivity contribution < 1.29 is 43.0 Å². The summed E-state index contributed by atoms with van der Waals surface area (Å²) in [5.74, 6) is -4.56. The van der Waals surface area contributed by atoms with E-state index in [9.17, 15) is 19.2 Å². The molecule has 0 radical (unpaired) electrons. The van der Waals surface area contributed by atoms with Crippen molar-refractivity contribution in [2.45, 2.75) is 64.1 Å². The Morgan fingerprint density at radius 3 is 2.23 bits per heavy atom. The molecule has 190 valence electrons. The standard InChI is InChI=1S/C23H27ClN2O9/c1-3-12-31-17-5-4-16(24)13-15(17)14-25-10-11-26-22(2,32-18(27)8-9-21(30)35-26)23(25)33-19(28)6-7-20(29)34-23/h4-5,13H,3,6-12,14H2,1-2H3/t22-/m0/s1. The minimum Gasteiger partial charge on any atom is -0.493 e. The minimum atomic E-state index is -2.24. The predicted molar refractivity (Wildman–Crippen MR) is 118 cm³/mol. The minimum absolute atomic E-state index is 0.0507. The largest absolute Gasteiger partial charge is 0.493 e. The summed E-state index contributed by atoms with van der Waals surface area (Å²) < 4.78 is 23.1. The zero-order chi connectivity index (χ0) is 25.2. The maximum Gasteiger partial charge on any atom is 0.380 e. The summed E-state index contributed by atoms with van der Waals surface area (Å²) in [6.07, 6.45) is -0.0916. The maximum atomic E-state index is 12.7. The van der Waals surface area contributed by atoms with Gasteiger partial charge in [0, 0.05) is 30.6 Å². The molecule has 3 heterocycles. The van der Waals surface area contributed by atoms with E-state index in [1.54, 1.807) is 23.1 Å². The van der Waals surface area contributed by atoms with Crippen LogP contribution in [0.5, 0.6) is 5.75 Å². The van der Waals surface area contributed by atoms with E-state index in [0.717, 1.165) is 11.5 Å². The molecule has 0 unspecified atom stereocenters. The van der Waals surface area contributed by atoms with Crippen molar-refractivity contribution in [2.24, 2.45) is 0 Å². The fourth-order valence-electron chi connectivity index (χ4n) is 4.28. The highest BCUT2D eigenvalue weighted by molar-refractivity contribution is 6.30. The molecule has 4 rings (SSSR count). The lowest BCUT2D eigenvalue weighted by atomic mass is 10.0. The van der Waals surface area contributed by atoms with Crippen molar-refractivity contribution in [3.05, 3.63) is 28.8 Å². The van der Waals surface area contributed by atoms with Gasteiger partial charge in [-0.2, -0.15) is 0 Å². The zero-order valence-corrected chi connectivity index (χ0v) is 20.3. The topological polar surface area (TPSA) is 121 Å². The van der Waals surface area contributed by atoms with Crippen LogP contribution in [0.15, 0.2) is 18.2 Å². The lowest BCUT2D eigenvalue weighted by Crippen LogP contribution is -2.78. The molecule has 1 atom stereocenters. The molecule has 0 N–H and O–H groups in total. The van der Waals surface area contributed by atoms with Crippen LogP contribution in [0, 0.1) is 0 Å². The molecule has 3 aliphatic heterocycles. The molecule has 0 aliphatic carbocycles. The summed E-state index contributed by atoms with van der Waals surface area (Å²) in [6.45, 7) is 4.05. The molecular formula is C23H27ClN2O9. The van der Waals surface area contributed by atoms with Crippen LogP contribution in [0.25, 0.3) is 0 Å². The Labute approximate surface area is 207 Å². The van der Waals surface area contributed by atoms with Crippen molar-refractivity contribution in [3.8, 4) is 5.75 Å². The summed E-state index contributed by atoms with van der Waals surface area (Å²) >= 11 is 6.25. The van der Waals surface area contributed by atoms with Crippen LogP contribution in [-0.2, 0) is 44.8 Å². The normalized spacial score (nSPS) is 25.3. The number of hydroxylamine groups is 2. The second-order valence-corrected chi connectivity index (χ2v) is 9.01. The van der Waals surface area contributed by atoms with Gasteiger partial charge in [-0.15, -0.1) is 0 Å². The molecule has 11 nitrogen and oxygen atoms in total. The van der Waals surface area contributed by atoms with Gasteiger partial charge in [0.25, 0.3) is 5.72 Å². The fourth-order valence-corrected chi connectivity index (χ4v) is 4.48. The van der Waals surface area contributed by atoms with Crippen LogP contribution in [0.2, 0.25) is 5.02 Å². The highest BCUT2D eigenvalue weighted by Crippen LogP contribution is 2.45. The molecule has 1 spiro atoms. The average Bonchev–Trinajstić information content (AvgIpc) is 2.95. The summed E-state index contributed by atoms with van der Waals surface area (Å²) in [6, 6.07) is 5.10.